The third-order valence-corrected chi connectivity index (χ3v) is 5.79. The summed E-state index contributed by atoms with van der Waals surface area (Å²) >= 11 is 0. The van der Waals surface area contributed by atoms with Gasteiger partial charge in [-0.25, -0.2) is 0 Å². The van der Waals surface area contributed by atoms with E-state index in [1.165, 1.54) is 0 Å². The van der Waals surface area contributed by atoms with Crippen molar-refractivity contribution >= 4 is 11.8 Å². The van der Waals surface area contributed by atoms with Crippen LogP contribution in [0.25, 0.3) is 0 Å². The molecule has 166 valence electrons. The summed E-state index contributed by atoms with van der Waals surface area (Å²) in [6.07, 6.45) is 1.02. The molecule has 0 saturated heterocycles. The predicted molar refractivity (Wildman–Crippen MR) is 129 cm³/mol. The Morgan fingerprint density at radius 1 is 0.812 bits per heavy atom. The summed E-state index contributed by atoms with van der Waals surface area (Å²) in [6, 6.07) is 29.8. The molecule has 0 aliphatic carbocycles. The fraction of sp³-hybridized carbons (Fsp3) is 0.286. The molecule has 0 aliphatic heterocycles. The molecule has 0 aliphatic rings. The summed E-state index contributed by atoms with van der Waals surface area (Å²) in [4.78, 5) is 28.0. The maximum Gasteiger partial charge on any atom is 0.242 e. The zero-order valence-electron chi connectivity index (χ0n) is 18.9. The van der Waals surface area contributed by atoms with Crippen molar-refractivity contribution in [3.05, 3.63) is 108 Å². The number of hydrogen-bond donors (Lipinski definition) is 1. The third kappa shape index (κ3) is 6.30. The van der Waals surface area contributed by atoms with Crippen LogP contribution in [0, 0.1) is 0 Å². The Morgan fingerprint density at radius 2 is 1.31 bits per heavy atom. The van der Waals surface area contributed by atoms with Gasteiger partial charge in [-0.1, -0.05) is 91.0 Å². The van der Waals surface area contributed by atoms with Crippen molar-refractivity contribution in [2.24, 2.45) is 0 Å². The molecule has 0 saturated carbocycles. The van der Waals surface area contributed by atoms with Crippen LogP contribution in [0.3, 0.4) is 0 Å². The second kappa shape index (κ2) is 11.8. The monoisotopic (exact) mass is 428 g/mol. The number of amides is 2. The van der Waals surface area contributed by atoms with Crippen molar-refractivity contribution in [3.8, 4) is 0 Å². The Hall–Kier alpha value is -3.40. The molecule has 32 heavy (non-hydrogen) atoms. The molecular weight excluding hydrogens is 396 g/mol. The van der Waals surface area contributed by atoms with E-state index in [0.29, 0.717) is 25.9 Å². The van der Waals surface area contributed by atoms with E-state index in [4.69, 9.17) is 0 Å². The molecule has 4 heteroatoms. The van der Waals surface area contributed by atoms with Gasteiger partial charge >= 0.3 is 0 Å². The Labute approximate surface area is 191 Å². The zero-order chi connectivity index (χ0) is 22.8. The van der Waals surface area contributed by atoms with Gasteiger partial charge in [0, 0.05) is 25.4 Å². The van der Waals surface area contributed by atoms with E-state index in [-0.39, 0.29) is 17.7 Å². The Bertz CT molecular complexity index is 935. The molecule has 1 N–H and O–H groups in total. The molecule has 3 aromatic rings. The smallest absolute Gasteiger partial charge is 0.242 e. The highest BCUT2D eigenvalue weighted by Crippen LogP contribution is 2.29. The lowest BCUT2D eigenvalue weighted by atomic mass is 9.88. The number of nitrogens with zero attached hydrogens (tertiary/aromatic N) is 1. The van der Waals surface area contributed by atoms with Crippen molar-refractivity contribution in [3.63, 3.8) is 0 Å². The van der Waals surface area contributed by atoms with Gasteiger partial charge in [-0.05, 0) is 37.0 Å². The average molecular weight is 429 g/mol. The fourth-order valence-corrected chi connectivity index (χ4v) is 3.98. The summed E-state index contributed by atoms with van der Waals surface area (Å²) in [5.41, 5.74) is 3.34. The highest BCUT2D eigenvalue weighted by molar-refractivity contribution is 5.87. The molecule has 2 amide bonds. The van der Waals surface area contributed by atoms with E-state index < -0.39 is 6.04 Å². The summed E-state index contributed by atoms with van der Waals surface area (Å²) in [7, 11) is 0. The molecule has 1 atom stereocenters. The predicted octanol–water partition coefficient (Wildman–Crippen LogP) is 4.80. The van der Waals surface area contributed by atoms with Crippen molar-refractivity contribution < 1.29 is 9.59 Å². The largest absolute Gasteiger partial charge is 0.355 e. The molecule has 0 radical (unpaired) electrons. The minimum absolute atomic E-state index is 0.0163. The van der Waals surface area contributed by atoms with Crippen LogP contribution in [0.4, 0.5) is 0 Å². The molecule has 3 aromatic carbocycles. The van der Waals surface area contributed by atoms with Crippen LogP contribution in [0.15, 0.2) is 91.0 Å². The lowest BCUT2D eigenvalue weighted by Gasteiger charge is -2.30. The minimum atomic E-state index is -0.529. The van der Waals surface area contributed by atoms with E-state index in [1.54, 1.807) is 4.90 Å². The second-order valence-corrected chi connectivity index (χ2v) is 7.97. The SMILES string of the molecule is CCNC(=O)[C@H](C)N(CCc1ccccc1)C(=O)CC(c1ccccc1)c1ccccc1. The van der Waals surface area contributed by atoms with Gasteiger partial charge in [0.1, 0.15) is 6.04 Å². The van der Waals surface area contributed by atoms with Crippen LogP contribution in [0.1, 0.15) is 42.9 Å². The molecule has 0 fully saturated rings. The van der Waals surface area contributed by atoms with Crippen molar-refractivity contribution in [2.45, 2.75) is 38.6 Å². The van der Waals surface area contributed by atoms with Crippen molar-refractivity contribution in [1.82, 2.24) is 10.2 Å². The summed E-state index contributed by atoms with van der Waals surface area (Å²) in [6.45, 7) is 4.74. The van der Waals surface area contributed by atoms with Gasteiger partial charge in [0.2, 0.25) is 11.8 Å². The normalized spacial score (nSPS) is 11.7. The number of likely N-dealkylation sites (N-methyl/N-ethyl adjacent to an activating group) is 1. The van der Waals surface area contributed by atoms with Crippen LogP contribution in [-0.2, 0) is 16.0 Å². The van der Waals surface area contributed by atoms with Crippen LogP contribution >= 0.6 is 0 Å². The van der Waals surface area contributed by atoms with E-state index in [0.717, 1.165) is 16.7 Å². The third-order valence-electron chi connectivity index (χ3n) is 5.79. The average Bonchev–Trinajstić information content (AvgIpc) is 2.84. The lowest BCUT2D eigenvalue weighted by molar-refractivity contribution is -0.140. The number of nitrogens with one attached hydrogen (secondary N) is 1. The first-order valence-corrected chi connectivity index (χ1v) is 11.3. The summed E-state index contributed by atoms with van der Waals surface area (Å²) in [5, 5.41) is 2.86. The number of hydrogen-bond acceptors (Lipinski definition) is 2. The number of rotatable bonds is 10. The lowest BCUT2D eigenvalue weighted by Crippen LogP contribution is -2.49. The molecule has 0 aromatic heterocycles. The first-order valence-electron chi connectivity index (χ1n) is 11.3. The number of carbonyl (C=O) groups is 2. The van der Waals surface area contributed by atoms with Crippen LogP contribution in [0.5, 0.6) is 0 Å². The maximum atomic E-state index is 13.6. The van der Waals surface area contributed by atoms with Gasteiger partial charge in [0.05, 0.1) is 0 Å². The van der Waals surface area contributed by atoms with Gasteiger partial charge in [0.25, 0.3) is 0 Å². The molecule has 3 rings (SSSR count). The van der Waals surface area contributed by atoms with E-state index in [1.807, 2.05) is 68.4 Å². The molecular formula is C28H32N2O2. The number of benzene rings is 3. The molecule has 4 nitrogen and oxygen atoms in total. The quantitative estimate of drug-likeness (QED) is 0.504. The first-order chi connectivity index (χ1) is 15.6. The van der Waals surface area contributed by atoms with E-state index >= 15 is 0 Å². The Kier molecular flexibility index (Phi) is 8.61. The van der Waals surface area contributed by atoms with Crippen LogP contribution < -0.4 is 5.32 Å². The summed E-state index contributed by atoms with van der Waals surface area (Å²) < 4.78 is 0. The molecule has 0 heterocycles. The van der Waals surface area contributed by atoms with Gasteiger partial charge in [0.15, 0.2) is 0 Å². The highest BCUT2D eigenvalue weighted by atomic mass is 16.2. The van der Waals surface area contributed by atoms with Gasteiger partial charge in [-0.15, -0.1) is 0 Å². The molecule has 0 unspecified atom stereocenters. The van der Waals surface area contributed by atoms with E-state index in [9.17, 15) is 9.59 Å². The highest BCUT2D eigenvalue weighted by Gasteiger charge is 2.28. The maximum absolute atomic E-state index is 13.6. The van der Waals surface area contributed by atoms with E-state index in [2.05, 4.69) is 41.7 Å². The van der Waals surface area contributed by atoms with Crippen LogP contribution in [0.2, 0.25) is 0 Å². The topological polar surface area (TPSA) is 49.4 Å². The Morgan fingerprint density at radius 3 is 1.81 bits per heavy atom. The molecule has 0 spiro atoms. The zero-order valence-corrected chi connectivity index (χ0v) is 18.9. The van der Waals surface area contributed by atoms with Crippen molar-refractivity contribution in [2.75, 3.05) is 13.1 Å². The van der Waals surface area contributed by atoms with Gasteiger partial charge in [-0.3, -0.25) is 9.59 Å². The Balaban J connectivity index is 1.84. The number of carbonyl (C=O) groups excluding carboxylic acids is 2. The van der Waals surface area contributed by atoms with Crippen molar-refractivity contribution in [1.29, 1.82) is 0 Å². The standard InChI is InChI=1S/C28H32N2O2/c1-3-29-28(32)22(2)30(20-19-23-13-7-4-8-14-23)27(31)21-26(24-15-9-5-10-16-24)25-17-11-6-12-18-25/h4-18,22,26H,3,19-21H2,1-2H3,(H,29,32)/t22-/m0/s1. The first kappa shape index (κ1) is 23.3. The summed E-state index contributed by atoms with van der Waals surface area (Å²) in [5.74, 6) is -0.201. The van der Waals surface area contributed by atoms with Crippen LogP contribution in [-0.4, -0.2) is 35.8 Å². The fourth-order valence-electron chi connectivity index (χ4n) is 3.98. The minimum Gasteiger partial charge on any atom is -0.355 e. The van der Waals surface area contributed by atoms with Gasteiger partial charge < -0.3 is 10.2 Å². The molecule has 0 bridgehead atoms. The second-order valence-electron chi connectivity index (χ2n) is 7.97. The van der Waals surface area contributed by atoms with Gasteiger partial charge in [-0.2, -0.15) is 0 Å².